The predicted molar refractivity (Wildman–Crippen MR) is 115 cm³/mol. The lowest BCUT2D eigenvalue weighted by atomic mass is 10.1. The Morgan fingerprint density at radius 3 is 2.50 bits per heavy atom. The summed E-state index contributed by atoms with van der Waals surface area (Å²) in [6.07, 6.45) is 10.3. The zero-order chi connectivity index (χ0) is 21.6. The van der Waals surface area contributed by atoms with Gasteiger partial charge in [-0.05, 0) is 36.2 Å². The van der Waals surface area contributed by atoms with Crippen LogP contribution in [0.5, 0.6) is 17.2 Å². The van der Waals surface area contributed by atoms with E-state index in [1.807, 2.05) is 30.3 Å². The number of amides is 1. The molecule has 0 aliphatic carbocycles. The molecule has 0 fully saturated rings. The summed E-state index contributed by atoms with van der Waals surface area (Å²) in [4.78, 5) is 12.5. The molecule has 30 heavy (non-hydrogen) atoms. The third kappa shape index (κ3) is 7.43. The van der Waals surface area contributed by atoms with E-state index in [1.165, 1.54) is 0 Å². The molecule has 0 aromatic heterocycles. The van der Waals surface area contributed by atoms with Gasteiger partial charge in [-0.25, -0.2) is 0 Å². The van der Waals surface area contributed by atoms with Crippen LogP contribution in [0.3, 0.4) is 0 Å². The number of ether oxygens (including phenoxy) is 4. The number of nitrogens with one attached hydrogen (secondary N) is 1. The van der Waals surface area contributed by atoms with E-state index in [0.29, 0.717) is 30.2 Å². The van der Waals surface area contributed by atoms with Gasteiger partial charge in [-0.15, -0.1) is 12.8 Å². The van der Waals surface area contributed by atoms with Crippen LogP contribution in [-0.4, -0.2) is 45.5 Å². The van der Waals surface area contributed by atoms with Crippen LogP contribution in [0.25, 0.3) is 0 Å². The Morgan fingerprint density at radius 1 is 1.03 bits per heavy atom. The summed E-state index contributed by atoms with van der Waals surface area (Å²) in [5, 5.41) is 2.85. The molecule has 1 atom stereocenters. The fraction of sp³-hybridized carbons (Fsp3) is 0.292. The Bertz CT molecular complexity index is 883. The summed E-state index contributed by atoms with van der Waals surface area (Å²) in [6.45, 7) is 0.656. The van der Waals surface area contributed by atoms with Crippen molar-refractivity contribution in [2.45, 2.75) is 12.5 Å². The molecule has 0 saturated heterocycles. The van der Waals surface area contributed by atoms with E-state index in [9.17, 15) is 4.79 Å². The second kappa shape index (κ2) is 12.8. The Labute approximate surface area is 177 Å². The largest absolute Gasteiger partial charge is 0.493 e. The molecule has 0 bridgehead atoms. The van der Waals surface area contributed by atoms with E-state index >= 15 is 0 Å². The molecule has 0 spiro atoms. The first-order valence-corrected chi connectivity index (χ1v) is 9.41. The third-order valence-corrected chi connectivity index (χ3v) is 4.06. The molecule has 6 nitrogen and oxygen atoms in total. The van der Waals surface area contributed by atoms with Crippen molar-refractivity contribution < 1.29 is 23.7 Å². The lowest BCUT2D eigenvalue weighted by Gasteiger charge is -2.17. The van der Waals surface area contributed by atoms with E-state index in [0.717, 1.165) is 5.56 Å². The van der Waals surface area contributed by atoms with Gasteiger partial charge in [0.1, 0.15) is 25.6 Å². The number of hydrogen-bond donors (Lipinski definition) is 1. The van der Waals surface area contributed by atoms with Gasteiger partial charge in [0.2, 0.25) is 0 Å². The zero-order valence-electron chi connectivity index (χ0n) is 16.9. The highest BCUT2D eigenvalue weighted by Gasteiger charge is 2.19. The highest BCUT2D eigenvalue weighted by molar-refractivity contribution is 5.81. The number of rotatable bonds is 12. The van der Waals surface area contributed by atoms with Crippen LogP contribution in [0, 0.1) is 24.7 Å². The van der Waals surface area contributed by atoms with E-state index in [1.54, 1.807) is 25.3 Å². The number of para-hydroxylation sites is 1. The molecule has 2 aromatic carbocycles. The van der Waals surface area contributed by atoms with E-state index in [4.69, 9.17) is 31.8 Å². The lowest BCUT2D eigenvalue weighted by Crippen LogP contribution is -2.41. The van der Waals surface area contributed by atoms with Crippen LogP contribution in [0.1, 0.15) is 5.56 Å². The maximum atomic E-state index is 12.5. The van der Waals surface area contributed by atoms with Crippen molar-refractivity contribution in [2.75, 3.05) is 33.5 Å². The van der Waals surface area contributed by atoms with Gasteiger partial charge in [0, 0.05) is 6.54 Å². The van der Waals surface area contributed by atoms with Gasteiger partial charge < -0.3 is 24.3 Å². The highest BCUT2D eigenvalue weighted by Crippen LogP contribution is 2.28. The molecule has 0 saturated carbocycles. The van der Waals surface area contributed by atoms with Crippen molar-refractivity contribution in [1.29, 1.82) is 0 Å². The standard InChI is InChI=1S/C24H25NO5/c1-4-15-28-21-12-11-19(17-22(21)27-3)13-14-25-24(26)23(29-16-5-2)18-30-20-9-7-6-8-10-20/h1-2,6-12,17,23H,13-16,18H2,3H3,(H,25,26)/t23-/m0/s1. The molecule has 1 N–H and O–H groups in total. The molecule has 0 aliphatic rings. The molecular weight excluding hydrogens is 382 g/mol. The van der Waals surface area contributed by atoms with Crippen molar-refractivity contribution in [3.05, 3.63) is 54.1 Å². The fourth-order valence-electron chi connectivity index (χ4n) is 2.59. The highest BCUT2D eigenvalue weighted by atomic mass is 16.5. The molecule has 2 aromatic rings. The predicted octanol–water partition coefficient (Wildman–Crippen LogP) is 2.46. The average Bonchev–Trinajstić information content (AvgIpc) is 2.78. The lowest BCUT2D eigenvalue weighted by molar-refractivity contribution is -0.133. The van der Waals surface area contributed by atoms with Gasteiger partial charge in [0.05, 0.1) is 7.11 Å². The molecule has 0 unspecified atom stereocenters. The average molecular weight is 407 g/mol. The second-order valence-electron chi connectivity index (χ2n) is 6.15. The SMILES string of the molecule is C#CCOc1ccc(CCNC(=O)[C@H](COc2ccccc2)OCC#C)cc1OC. The Morgan fingerprint density at radius 2 is 1.80 bits per heavy atom. The number of carbonyl (C=O) groups excluding carboxylic acids is 1. The maximum Gasteiger partial charge on any atom is 0.252 e. The summed E-state index contributed by atoms with van der Waals surface area (Å²) < 4.78 is 21.8. The molecular formula is C24H25NO5. The van der Waals surface area contributed by atoms with Crippen molar-refractivity contribution in [3.8, 4) is 41.9 Å². The van der Waals surface area contributed by atoms with Crippen molar-refractivity contribution in [1.82, 2.24) is 5.32 Å². The van der Waals surface area contributed by atoms with Crippen LogP contribution >= 0.6 is 0 Å². The van der Waals surface area contributed by atoms with Gasteiger partial charge in [-0.2, -0.15) is 0 Å². The Balaban J connectivity index is 1.88. The van der Waals surface area contributed by atoms with Crippen LogP contribution < -0.4 is 19.5 Å². The van der Waals surface area contributed by atoms with Gasteiger partial charge in [-0.3, -0.25) is 4.79 Å². The molecule has 1 amide bonds. The summed E-state index contributed by atoms with van der Waals surface area (Å²) in [5.74, 6) is 6.30. The van der Waals surface area contributed by atoms with Crippen LogP contribution in [0.2, 0.25) is 0 Å². The van der Waals surface area contributed by atoms with E-state index in [-0.39, 0.29) is 25.7 Å². The first kappa shape index (κ1) is 22.7. The minimum absolute atomic E-state index is 0.0204. The van der Waals surface area contributed by atoms with Gasteiger partial charge in [-0.1, -0.05) is 36.1 Å². The number of carbonyl (C=O) groups is 1. The van der Waals surface area contributed by atoms with E-state index < -0.39 is 6.10 Å². The molecule has 0 radical (unpaired) electrons. The first-order chi connectivity index (χ1) is 14.7. The Hall–Kier alpha value is -3.61. The summed E-state index contributed by atoms with van der Waals surface area (Å²) in [5.41, 5.74) is 0.974. The number of methoxy groups -OCH3 is 1. The molecule has 6 heteroatoms. The Kier molecular flexibility index (Phi) is 9.65. The number of hydrogen-bond acceptors (Lipinski definition) is 5. The first-order valence-electron chi connectivity index (χ1n) is 9.41. The van der Waals surface area contributed by atoms with Crippen molar-refractivity contribution in [2.24, 2.45) is 0 Å². The monoisotopic (exact) mass is 407 g/mol. The maximum absolute atomic E-state index is 12.5. The smallest absolute Gasteiger partial charge is 0.252 e. The van der Waals surface area contributed by atoms with Crippen LogP contribution in [0.4, 0.5) is 0 Å². The minimum atomic E-state index is -0.810. The fourth-order valence-corrected chi connectivity index (χ4v) is 2.59. The third-order valence-electron chi connectivity index (χ3n) is 4.06. The van der Waals surface area contributed by atoms with Gasteiger partial charge in [0.25, 0.3) is 5.91 Å². The number of benzene rings is 2. The zero-order valence-corrected chi connectivity index (χ0v) is 16.9. The normalized spacial score (nSPS) is 10.9. The summed E-state index contributed by atoms with van der Waals surface area (Å²) in [6, 6.07) is 14.7. The topological polar surface area (TPSA) is 66.0 Å². The molecule has 0 aliphatic heterocycles. The minimum Gasteiger partial charge on any atom is -0.493 e. The van der Waals surface area contributed by atoms with Crippen LogP contribution in [0.15, 0.2) is 48.5 Å². The van der Waals surface area contributed by atoms with Crippen molar-refractivity contribution >= 4 is 5.91 Å². The quantitative estimate of drug-likeness (QED) is 0.548. The van der Waals surface area contributed by atoms with Crippen molar-refractivity contribution in [3.63, 3.8) is 0 Å². The molecule has 0 heterocycles. The summed E-state index contributed by atoms with van der Waals surface area (Å²) in [7, 11) is 1.56. The van der Waals surface area contributed by atoms with Gasteiger partial charge in [0.15, 0.2) is 17.6 Å². The molecule has 2 rings (SSSR count). The molecule has 156 valence electrons. The van der Waals surface area contributed by atoms with Gasteiger partial charge >= 0.3 is 0 Å². The summed E-state index contributed by atoms with van der Waals surface area (Å²) >= 11 is 0. The number of terminal acetylenes is 2. The van der Waals surface area contributed by atoms with Crippen LogP contribution in [-0.2, 0) is 16.0 Å². The second-order valence-corrected chi connectivity index (χ2v) is 6.15. The van der Waals surface area contributed by atoms with E-state index in [2.05, 4.69) is 17.2 Å².